The second kappa shape index (κ2) is 6.59. The highest BCUT2D eigenvalue weighted by atomic mass is 19.4. The number of nitrogens with zero attached hydrogens (tertiary/aromatic N) is 1. The Hall–Kier alpha value is -0.290. The molecule has 0 aliphatic heterocycles. The van der Waals surface area contributed by atoms with E-state index in [0.717, 1.165) is 32.2 Å². The fraction of sp³-hybridized carbons (Fsp3) is 1.00. The Morgan fingerprint density at radius 2 is 1.94 bits per heavy atom. The Kier molecular flexibility index (Phi) is 5.73. The maximum atomic E-state index is 12.5. The summed E-state index contributed by atoms with van der Waals surface area (Å²) >= 11 is 0. The van der Waals surface area contributed by atoms with Crippen molar-refractivity contribution >= 4 is 0 Å². The largest absolute Gasteiger partial charge is 0.401 e. The van der Waals surface area contributed by atoms with E-state index >= 15 is 0 Å². The highest BCUT2D eigenvalue weighted by molar-refractivity contribution is 4.88. The molecule has 0 aromatic heterocycles. The lowest BCUT2D eigenvalue weighted by Gasteiger charge is -2.28. The summed E-state index contributed by atoms with van der Waals surface area (Å²) in [5.41, 5.74) is 0. The molecule has 1 N–H and O–H groups in total. The maximum absolute atomic E-state index is 12.5. The van der Waals surface area contributed by atoms with Gasteiger partial charge in [0.15, 0.2) is 0 Å². The molecule has 17 heavy (non-hydrogen) atoms. The van der Waals surface area contributed by atoms with Crippen molar-refractivity contribution in [1.29, 1.82) is 0 Å². The summed E-state index contributed by atoms with van der Waals surface area (Å²) in [7, 11) is 0. The van der Waals surface area contributed by atoms with Gasteiger partial charge in [0.1, 0.15) is 0 Å². The van der Waals surface area contributed by atoms with Crippen LogP contribution < -0.4 is 5.32 Å². The first-order chi connectivity index (χ1) is 7.96. The summed E-state index contributed by atoms with van der Waals surface area (Å²) in [5.74, 6) is 0. The summed E-state index contributed by atoms with van der Waals surface area (Å²) in [6, 6.07) is 0.350. The van der Waals surface area contributed by atoms with E-state index in [1.165, 1.54) is 0 Å². The van der Waals surface area contributed by atoms with E-state index in [0.29, 0.717) is 6.54 Å². The molecule has 0 amide bonds. The molecule has 5 heteroatoms. The molecular weight excluding hydrogens is 229 g/mol. The quantitative estimate of drug-likeness (QED) is 0.714. The molecule has 1 atom stereocenters. The zero-order valence-corrected chi connectivity index (χ0v) is 10.7. The number of hydrogen-bond acceptors (Lipinski definition) is 2. The van der Waals surface area contributed by atoms with Gasteiger partial charge in [-0.1, -0.05) is 20.3 Å². The van der Waals surface area contributed by atoms with E-state index in [-0.39, 0.29) is 12.1 Å². The zero-order chi connectivity index (χ0) is 12.9. The van der Waals surface area contributed by atoms with Crippen molar-refractivity contribution in [3.8, 4) is 0 Å². The van der Waals surface area contributed by atoms with E-state index in [1.807, 2.05) is 6.92 Å². The second-order valence-electron chi connectivity index (χ2n) is 4.82. The molecular formula is C12H23F3N2. The van der Waals surface area contributed by atoms with Crippen LogP contribution in [0.1, 0.15) is 39.5 Å². The Morgan fingerprint density at radius 1 is 1.29 bits per heavy atom. The van der Waals surface area contributed by atoms with Crippen LogP contribution in [-0.2, 0) is 0 Å². The van der Waals surface area contributed by atoms with E-state index < -0.39 is 12.7 Å². The smallest absolute Gasteiger partial charge is 0.313 e. The Labute approximate surface area is 102 Å². The van der Waals surface area contributed by atoms with Crippen molar-refractivity contribution in [3.05, 3.63) is 0 Å². The fourth-order valence-corrected chi connectivity index (χ4v) is 2.19. The van der Waals surface area contributed by atoms with E-state index in [1.54, 1.807) is 4.90 Å². The lowest BCUT2D eigenvalue weighted by Crippen LogP contribution is -2.45. The first-order valence-electron chi connectivity index (χ1n) is 6.50. The lowest BCUT2D eigenvalue weighted by atomic mass is 10.1. The first-order valence-corrected chi connectivity index (χ1v) is 6.50. The number of alkyl halides is 3. The Morgan fingerprint density at radius 3 is 2.35 bits per heavy atom. The molecule has 0 aromatic rings. The third-order valence-electron chi connectivity index (χ3n) is 3.03. The highest BCUT2D eigenvalue weighted by Crippen LogP contribution is 2.30. The van der Waals surface area contributed by atoms with Crippen LogP contribution in [0.5, 0.6) is 0 Å². The topological polar surface area (TPSA) is 15.3 Å². The van der Waals surface area contributed by atoms with Gasteiger partial charge >= 0.3 is 6.18 Å². The minimum Gasteiger partial charge on any atom is -0.313 e. The number of likely N-dealkylation sites (N-methyl/N-ethyl adjacent to an activating group) is 1. The summed E-state index contributed by atoms with van der Waals surface area (Å²) in [4.78, 5) is 1.60. The molecule has 1 saturated carbocycles. The fourth-order valence-electron chi connectivity index (χ4n) is 2.19. The third-order valence-corrected chi connectivity index (χ3v) is 3.03. The summed E-state index contributed by atoms with van der Waals surface area (Å²) in [6.45, 7) is 4.63. The summed E-state index contributed by atoms with van der Waals surface area (Å²) < 4.78 is 37.4. The van der Waals surface area contributed by atoms with Gasteiger partial charge in [0, 0.05) is 18.6 Å². The lowest BCUT2D eigenvalue weighted by molar-refractivity contribution is -0.147. The number of rotatable bonds is 8. The van der Waals surface area contributed by atoms with Crippen molar-refractivity contribution in [1.82, 2.24) is 10.2 Å². The molecule has 1 rings (SSSR count). The van der Waals surface area contributed by atoms with Crippen LogP contribution in [0.3, 0.4) is 0 Å². The molecule has 0 bridgehead atoms. The van der Waals surface area contributed by atoms with Gasteiger partial charge in [0.25, 0.3) is 0 Å². The summed E-state index contributed by atoms with van der Waals surface area (Å²) in [5, 5.41) is 3.27. The minimum absolute atomic E-state index is 0.162. The van der Waals surface area contributed by atoms with Crippen LogP contribution in [0.4, 0.5) is 13.2 Å². The zero-order valence-electron chi connectivity index (χ0n) is 10.7. The molecule has 0 radical (unpaired) electrons. The van der Waals surface area contributed by atoms with Crippen LogP contribution >= 0.6 is 0 Å². The molecule has 1 aliphatic rings. The summed E-state index contributed by atoms with van der Waals surface area (Å²) in [6.07, 6.45) is -0.301. The predicted octanol–water partition coefficient (Wildman–Crippen LogP) is 2.79. The number of halogens is 3. The van der Waals surface area contributed by atoms with Gasteiger partial charge in [-0.2, -0.15) is 13.2 Å². The molecule has 0 aromatic carbocycles. The molecule has 1 aliphatic carbocycles. The van der Waals surface area contributed by atoms with Gasteiger partial charge in [-0.3, -0.25) is 4.90 Å². The molecule has 0 spiro atoms. The van der Waals surface area contributed by atoms with Gasteiger partial charge in [0.05, 0.1) is 6.54 Å². The molecule has 2 nitrogen and oxygen atoms in total. The average Bonchev–Trinajstić information content (AvgIpc) is 2.98. The van der Waals surface area contributed by atoms with E-state index in [9.17, 15) is 13.2 Å². The van der Waals surface area contributed by atoms with Crippen LogP contribution in [0.15, 0.2) is 0 Å². The second-order valence-corrected chi connectivity index (χ2v) is 4.82. The maximum Gasteiger partial charge on any atom is 0.401 e. The predicted molar refractivity (Wildman–Crippen MR) is 63.0 cm³/mol. The van der Waals surface area contributed by atoms with Gasteiger partial charge in [-0.05, 0) is 25.8 Å². The van der Waals surface area contributed by atoms with Crippen molar-refractivity contribution in [3.63, 3.8) is 0 Å². The standard InChI is InChI=1S/C12H23F3N2/c1-3-5-10(16-4-2)8-17(11-6-7-11)9-12(13,14)15/h10-11,16H,3-9H2,1-2H3. The highest BCUT2D eigenvalue weighted by Gasteiger charge is 2.38. The van der Waals surface area contributed by atoms with E-state index in [2.05, 4.69) is 12.2 Å². The van der Waals surface area contributed by atoms with Gasteiger partial charge in [0.2, 0.25) is 0 Å². The minimum atomic E-state index is -4.08. The van der Waals surface area contributed by atoms with Crippen LogP contribution in [-0.4, -0.2) is 42.8 Å². The molecule has 0 saturated heterocycles. The van der Waals surface area contributed by atoms with Crippen LogP contribution in [0.25, 0.3) is 0 Å². The Balaban J connectivity index is 2.45. The van der Waals surface area contributed by atoms with Crippen LogP contribution in [0.2, 0.25) is 0 Å². The molecule has 0 heterocycles. The van der Waals surface area contributed by atoms with Crippen molar-refractivity contribution in [2.24, 2.45) is 0 Å². The monoisotopic (exact) mass is 252 g/mol. The molecule has 1 fully saturated rings. The van der Waals surface area contributed by atoms with Crippen molar-refractivity contribution in [2.75, 3.05) is 19.6 Å². The van der Waals surface area contributed by atoms with Gasteiger partial charge in [-0.15, -0.1) is 0 Å². The van der Waals surface area contributed by atoms with Gasteiger partial charge in [-0.25, -0.2) is 0 Å². The molecule has 102 valence electrons. The van der Waals surface area contributed by atoms with Crippen molar-refractivity contribution < 1.29 is 13.2 Å². The number of nitrogens with one attached hydrogen (secondary N) is 1. The average molecular weight is 252 g/mol. The van der Waals surface area contributed by atoms with Crippen LogP contribution in [0, 0.1) is 0 Å². The SMILES string of the molecule is CCCC(CN(CC(F)(F)F)C1CC1)NCC. The van der Waals surface area contributed by atoms with Crippen molar-refractivity contribution in [2.45, 2.75) is 57.8 Å². The third kappa shape index (κ3) is 6.27. The first kappa shape index (κ1) is 14.8. The normalized spacial score (nSPS) is 18.7. The Bertz CT molecular complexity index is 208. The number of hydrogen-bond donors (Lipinski definition) is 1. The molecule has 1 unspecified atom stereocenters. The van der Waals surface area contributed by atoms with Gasteiger partial charge < -0.3 is 5.32 Å². The van der Waals surface area contributed by atoms with E-state index in [4.69, 9.17) is 0 Å².